The highest BCUT2D eigenvalue weighted by molar-refractivity contribution is 5.79. The molecule has 0 bridgehead atoms. The zero-order valence-electron chi connectivity index (χ0n) is 8.70. The van der Waals surface area contributed by atoms with Gasteiger partial charge in [-0.3, -0.25) is 4.98 Å². The number of rotatable bonds is 2. The molecular formula is C13H15N. The molecule has 0 fully saturated rings. The fraction of sp³-hybridized carbons (Fsp3) is 0.308. The Kier molecular flexibility index (Phi) is 2.49. The average molecular weight is 185 g/mol. The van der Waals surface area contributed by atoms with Crippen LogP contribution in [0.5, 0.6) is 0 Å². The summed E-state index contributed by atoms with van der Waals surface area (Å²) in [5.41, 5.74) is 2.49. The number of pyridine rings is 1. The average Bonchev–Trinajstić information content (AvgIpc) is 2.27. The van der Waals surface area contributed by atoms with E-state index in [1.54, 1.807) is 0 Å². The van der Waals surface area contributed by atoms with E-state index >= 15 is 0 Å². The highest BCUT2D eigenvalue weighted by atomic mass is 14.6. The summed E-state index contributed by atoms with van der Waals surface area (Å²) in [6.45, 7) is 4.48. The van der Waals surface area contributed by atoms with Crippen LogP contribution < -0.4 is 0 Å². The molecule has 1 heteroatoms. The lowest BCUT2D eigenvalue weighted by molar-refractivity contribution is 0.734. The van der Waals surface area contributed by atoms with Crippen LogP contribution in [-0.2, 0) is 0 Å². The number of fused-ring (bicyclic) bond motifs is 1. The van der Waals surface area contributed by atoms with Crippen molar-refractivity contribution in [2.75, 3.05) is 0 Å². The van der Waals surface area contributed by atoms with Crippen LogP contribution in [0.15, 0.2) is 36.5 Å². The van der Waals surface area contributed by atoms with Gasteiger partial charge >= 0.3 is 0 Å². The Labute approximate surface area is 84.8 Å². The molecular weight excluding hydrogens is 170 g/mol. The minimum atomic E-state index is 0.639. The van der Waals surface area contributed by atoms with Crippen molar-refractivity contribution in [3.63, 3.8) is 0 Å². The third-order valence-corrected chi connectivity index (χ3v) is 2.81. The van der Waals surface area contributed by atoms with Gasteiger partial charge < -0.3 is 0 Å². The van der Waals surface area contributed by atoms with Crippen molar-refractivity contribution < 1.29 is 0 Å². The number of hydrogen-bond donors (Lipinski definition) is 0. The van der Waals surface area contributed by atoms with E-state index in [1.807, 2.05) is 12.3 Å². The Bertz CT molecular complexity index is 434. The molecule has 0 N–H and O–H groups in total. The second-order valence-corrected chi connectivity index (χ2v) is 3.76. The van der Waals surface area contributed by atoms with Crippen LogP contribution in [0.25, 0.3) is 10.9 Å². The second-order valence-electron chi connectivity index (χ2n) is 3.76. The van der Waals surface area contributed by atoms with Crippen LogP contribution in [0.3, 0.4) is 0 Å². The molecule has 2 rings (SSSR count). The van der Waals surface area contributed by atoms with E-state index in [-0.39, 0.29) is 0 Å². The molecule has 0 radical (unpaired) electrons. The fourth-order valence-electron chi connectivity index (χ4n) is 1.64. The lowest BCUT2D eigenvalue weighted by atomic mass is 9.97. The number of nitrogens with zero attached hydrogens (tertiary/aromatic N) is 1. The van der Waals surface area contributed by atoms with Gasteiger partial charge in [0.1, 0.15) is 0 Å². The molecule has 1 aromatic heterocycles. The molecule has 1 nitrogen and oxygen atoms in total. The summed E-state index contributed by atoms with van der Waals surface area (Å²) in [7, 11) is 0. The maximum Gasteiger partial charge on any atom is 0.0702 e. The van der Waals surface area contributed by atoms with Gasteiger partial charge in [-0.2, -0.15) is 0 Å². The van der Waals surface area contributed by atoms with Crippen molar-refractivity contribution in [3.05, 3.63) is 42.1 Å². The minimum absolute atomic E-state index is 0.639. The maximum atomic E-state index is 4.31. The van der Waals surface area contributed by atoms with Crippen molar-refractivity contribution in [1.29, 1.82) is 0 Å². The zero-order chi connectivity index (χ0) is 9.97. The van der Waals surface area contributed by atoms with E-state index < -0.39 is 0 Å². The van der Waals surface area contributed by atoms with Crippen molar-refractivity contribution in [2.24, 2.45) is 0 Å². The van der Waals surface area contributed by atoms with Gasteiger partial charge in [0.2, 0.25) is 0 Å². The first-order chi connectivity index (χ1) is 6.81. The maximum absolute atomic E-state index is 4.31. The van der Waals surface area contributed by atoms with Crippen molar-refractivity contribution in [3.8, 4) is 0 Å². The van der Waals surface area contributed by atoms with Gasteiger partial charge in [0.15, 0.2) is 0 Å². The molecule has 0 saturated carbocycles. The van der Waals surface area contributed by atoms with E-state index in [0.29, 0.717) is 5.92 Å². The fourth-order valence-corrected chi connectivity index (χ4v) is 1.64. The molecule has 0 spiro atoms. The van der Waals surface area contributed by atoms with Crippen molar-refractivity contribution in [1.82, 2.24) is 4.98 Å². The predicted molar refractivity (Wildman–Crippen MR) is 60.4 cm³/mol. The predicted octanol–water partition coefficient (Wildman–Crippen LogP) is 3.75. The molecule has 0 aliphatic heterocycles. The zero-order valence-corrected chi connectivity index (χ0v) is 8.70. The first-order valence-corrected chi connectivity index (χ1v) is 5.16. The Morgan fingerprint density at radius 1 is 1.29 bits per heavy atom. The molecule has 0 saturated heterocycles. The topological polar surface area (TPSA) is 12.9 Å². The molecule has 2 aromatic rings. The largest absolute Gasteiger partial charge is 0.256 e. The summed E-state index contributed by atoms with van der Waals surface area (Å²) in [5, 5.41) is 1.24. The molecule has 14 heavy (non-hydrogen) atoms. The van der Waals surface area contributed by atoms with Crippen LogP contribution >= 0.6 is 0 Å². The van der Waals surface area contributed by atoms with Gasteiger partial charge in [-0.25, -0.2) is 0 Å². The van der Waals surface area contributed by atoms with Gasteiger partial charge in [0, 0.05) is 11.6 Å². The highest BCUT2D eigenvalue weighted by Gasteiger charge is 2.03. The third kappa shape index (κ3) is 1.63. The lowest BCUT2D eigenvalue weighted by Crippen LogP contribution is -1.91. The Balaban J connectivity index is 2.51. The lowest BCUT2D eigenvalue weighted by Gasteiger charge is -2.09. The number of hydrogen-bond acceptors (Lipinski definition) is 1. The van der Waals surface area contributed by atoms with Crippen LogP contribution in [-0.4, -0.2) is 4.98 Å². The SMILES string of the molecule is CCC(C)c1ccc2ncccc2c1. The summed E-state index contributed by atoms with van der Waals surface area (Å²) in [5.74, 6) is 0.639. The molecule has 0 amide bonds. The molecule has 1 unspecified atom stereocenters. The van der Waals surface area contributed by atoms with E-state index in [2.05, 4.69) is 43.1 Å². The molecule has 1 aromatic carbocycles. The summed E-state index contributed by atoms with van der Waals surface area (Å²) in [4.78, 5) is 4.31. The van der Waals surface area contributed by atoms with Gasteiger partial charge in [-0.1, -0.05) is 26.0 Å². The number of aromatic nitrogens is 1. The summed E-state index contributed by atoms with van der Waals surface area (Å²) in [6.07, 6.45) is 3.02. The highest BCUT2D eigenvalue weighted by Crippen LogP contribution is 2.22. The quantitative estimate of drug-likeness (QED) is 0.694. The smallest absolute Gasteiger partial charge is 0.0702 e. The number of benzene rings is 1. The molecule has 1 heterocycles. The normalized spacial score (nSPS) is 13.0. The van der Waals surface area contributed by atoms with E-state index in [9.17, 15) is 0 Å². The standard InChI is InChI=1S/C13H15N/c1-3-10(2)11-6-7-13-12(9-11)5-4-8-14-13/h4-10H,3H2,1-2H3. The second kappa shape index (κ2) is 3.79. The van der Waals surface area contributed by atoms with Gasteiger partial charge in [-0.05, 0) is 36.1 Å². The Morgan fingerprint density at radius 3 is 2.93 bits per heavy atom. The van der Waals surface area contributed by atoms with Gasteiger partial charge in [0.25, 0.3) is 0 Å². The van der Waals surface area contributed by atoms with Crippen LogP contribution in [0.2, 0.25) is 0 Å². The van der Waals surface area contributed by atoms with E-state index in [1.165, 1.54) is 17.4 Å². The summed E-state index contributed by atoms with van der Waals surface area (Å²) >= 11 is 0. The van der Waals surface area contributed by atoms with Crippen molar-refractivity contribution >= 4 is 10.9 Å². The van der Waals surface area contributed by atoms with Gasteiger partial charge in [0.05, 0.1) is 5.52 Å². The molecule has 0 aliphatic rings. The van der Waals surface area contributed by atoms with E-state index in [4.69, 9.17) is 0 Å². The van der Waals surface area contributed by atoms with Gasteiger partial charge in [-0.15, -0.1) is 0 Å². The molecule has 72 valence electrons. The minimum Gasteiger partial charge on any atom is -0.256 e. The van der Waals surface area contributed by atoms with E-state index in [0.717, 1.165) is 5.52 Å². The van der Waals surface area contributed by atoms with Crippen LogP contribution in [0, 0.1) is 0 Å². The Hall–Kier alpha value is -1.37. The molecule has 0 aliphatic carbocycles. The molecule has 1 atom stereocenters. The first-order valence-electron chi connectivity index (χ1n) is 5.16. The van der Waals surface area contributed by atoms with Crippen LogP contribution in [0.1, 0.15) is 31.7 Å². The summed E-state index contributed by atoms with van der Waals surface area (Å²) in [6, 6.07) is 10.6. The Morgan fingerprint density at radius 2 is 2.14 bits per heavy atom. The van der Waals surface area contributed by atoms with Crippen LogP contribution in [0.4, 0.5) is 0 Å². The monoisotopic (exact) mass is 185 g/mol. The van der Waals surface area contributed by atoms with Crippen molar-refractivity contribution in [2.45, 2.75) is 26.2 Å². The summed E-state index contributed by atoms with van der Waals surface area (Å²) < 4.78 is 0. The third-order valence-electron chi connectivity index (χ3n) is 2.81. The first kappa shape index (κ1) is 9.20.